The van der Waals surface area contributed by atoms with Crippen LogP contribution in [-0.2, 0) is 14.3 Å². The van der Waals surface area contributed by atoms with Crippen molar-refractivity contribution in [1.82, 2.24) is 10.2 Å². The van der Waals surface area contributed by atoms with E-state index in [9.17, 15) is 9.59 Å². The van der Waals surface area contributed by atoms with Crippen LogP contribution in [0.2, 0.25) is 0 Å². The van der Waals surface area contributed by atoms with Gasteiger partial charge in [-0.2, -0.15) is 0 Å². The third-order valence-electron chi connectivity index (χ3n) is 3.87. The minimum atomic E-state index is -1.15. The lowest BCUT2D eigenvalue weighted by atomic mass is 9.68. The highest BCUT2D eigenvalue weighted by molar-refractivity contribution is 6.02. The zero-order valence-electron chi connectivity index (χ0n) is 10.5. The molecule has 1 amide bonds. The summed E-state index contributed by atoms with van der Waals surface area (Å²) in [5, 5.41) is 11.9. The molecule has 2 aliphatic rings. The van der Waals surface area contributed by atoms with Crippen LogP contribution in [0.5, 0.6) is 0 Å². The third-order valence-corrected chi connectivity index (χ3v) is 3.87. The molecule has 0 bridgehead atoms. The van der Waals surface area contributed by atoms with Crippen molar-refractivity contribution in [2.75, 3.05) is 39.4 Å². The number of carboxylic acids is 1. The summed E-state index contributed by atoms with van der Waals surface area (Å²) in [6, 6.07) is 0. The Morgan fingerprint density at radius 2 is 1.94 bits per heavy atom. The molecule has 0 spiro atoms. The molecule has 1 heterocycles. The number of nitrogens with zero attached hydrogens (tertiary/aromatic N) is 1. The van der Waals surface area contributed by atoms with Crippen molar-refractivity contribution in [3.05, 3.63) is 0 Å². The number of amides is 1. The number of morpholine rings is 1. The third kappa shape index (κ3) is 2.64. The van der Waals surface area contributed by atoms with Crippen LogP contribution in [0.15, 0.2) is 0 Å². The molecule has 1 aliphatic heterocycles. The summed E-state index contributed by atoms with van der Waals surface area (Å²) in [6.45, 7) is 4.47. The molecule has 0 unspecified atom stereocenters. The van der Waals surface area contributed by atoms with Crippen molar-refractivity contribution >= 4 is 11.9 Å². The topological polar surface area (TPSA) is 78.9 Å². The SMILES string of the molecule is O=C(O)C1(C(=O)NCCN2CCOCC2)CCC1. The lowest BCUT2D eigenvalue weighted by Crippen LogP contribution is -2.52. The van der Waals surface area contributed by atoms with Crippen molar-refractivity contribution in [2.24, 2.45) is 5.41 Å². The average molecular weight is 256 g/mol. The molecular formula is C12H20N2O4. The maximum Gasteiger partial charge on any atom is 0.319 e. The molecular weight excluding hydrogens is 236 g/mol. The molecule has 0 aromatic carbocycles. The number of ether oxygens (including phenoxy) is 1. The number of nitrogens with one attached hydrogen (secondary N) is 1. The van der Waals surface area contributed by atoms with Crippen LogP contribution < -0.4 is 5.32 Å². The van der Waals surface area contributed by atoms with E-state index in [1.54, 1.807) is 0 Å². The predicted molar refractivity (Wildman–Crippen MR) is 64.2 cm³/mol. The number of carbonyl (C=O) groups excluding carboxylic acids is 1. The molecule has 2 N–H and O–H groups in total. The number of rotatable bonds is 5. The fraction of sp³-hybridized carbons (Fsp3) is 0.833. The Labute approximate surface area is 106 Å². The molecule has 102 valence electrons. The monoisotopic (exact) mass is 256 g/mol. The summed E-state index contributed by atoms with van der Waals surface area (Å²) in [6.07, 6.45) is 1.75. The first-order valence-electron chi connectivity index (χ1n) is 6.47. The number of aliphatic carboxylic acids is 1. The van der Waals surface area contributed by atoms with Crippen LogP contribution >= 0.6 is 0 Å². The molecule has 6 heteroatoms. The number of carboxylic acid groups (broad SMARTS) is 1. The van der Waals surface area contributed by atoms with Gasteiger partial charge in [0.05, 0.1) is 13.2 Å². The summed E-state index contributed by atoms with van der Waals surface area (Å²) < 4.78 is 5.23. The summed E-state index contributed by atoms with van der Waals surface area (Å²) in [5.74, 6) is -1.31. The predicted octanol–water partition coefficient (Wildman–Crippen LogP) is -0.310. The summed E-state index contributed by atoms with van der Waals surface area (Å²) in [7, 11) is 0. The van der Waals surface area contributed by atoms with E-state index >= 15 is 0 Å². The molecule has 0 atom stereocenters. The molecule has 1 saturated carbocycles. The zero-order valence-corrected chi connectivity index (χ0v) is 10.5. The van der Waals surface area contributed by atoms with Crippen LogP contribution in [0.4, 0.5) is 0 Å². The van der Waals surface area contributed by atoms with Crippen LogP contribution in [-0.4, -0.2) is 61.3 Å². The summed E-state index contributed by atoms with van der Waals surface area (Å²) in [5.41, 5.74) is -1.15. The van der Waals surface area contributed by atoms with E-state index in [1.807, 2.05) is 0 Å². The smallest absolute Gasteiger partial charge is 0.319 e. The van der Waals surface area contributed by atoms with E-state index in [-0.39, 0.29) is 5.91 Å². The first-order valence-corrected chi connectivity index (χ1v) is 6.47. The van der Waals surface area contributed by atoms with Gasteiger partial charge in [-0.3, -0.25) is 14.5 Å². The van der Waals surface area contributed by atoms with Crippen LogP contribution in [0, 0.1) is 5.41 Å². The first kappa shape index (κ1) is 13.3. The van der Waals surface area contributed by atoms with Crippen molar-refractivity contribution in [1.29, 1.82) is 0 Å². The highest BCUT2D eigenvalue weighted by Crippen LogP contribution is 2.41. The normalized spacial score (nSPS) is 23.1. The molecule has 2 fully saturated rings. The summed E-state index contributed by atoms with van der Waals surface area (Å²) >= 11 is 0. The molecule has 18 heavy (non-hydrogen) atoms. The highest BCUT2D eigenvalue weighted by Gasteiger charge is 2.50. The Hall–Kier alpha value is -1.14. The van der Waals surface area contributed by atoms with Gasteiger partial charge in [0, 0.05) is 26.2 Å². The molecule has 0 radical (unpaired) electrons. The fourth-order valence-electron chi connectivity index (χ4n) is 2.39. The Morgan fingerprint density at radius 1 is 1.28 bits per heavy atom. The fourth-order valence-corrected chi connectivity index (χ4v) is 2.39. The lowest BCUT2D eigenvalue weighted by molar-refractivity contribution is -0.162. The average Bonchev–Trinajstić information content (AvgIpc) is 2.28. The Balaban J connectivity index is 1.72. The quantitative estimate of drug-likeness (QED) is 0.660. The molecule has 0 aromatic rings. The first-order chi connectivity index (χ1) is 8.65. The van der Waals surface area contributed by atoms with E-state index < -0.39 is 11.4 Å². The maximum atomic E-state index is 11.9. The second-order valence-electron chi connectivity index (χ2n) is 4.95. The number of hydrogen-bond acceptors (Lipinski definition) is 4. The minimum Gasteiger partial charge on any atom is -0.480 e. The molecule has 0 aromatic heterocycles. The van der Waals surface area contributed by atoms with Gasteiger partial charge in [-0.1, -0.05) is 6.42 Å². The molecule has 2 rings (SSSR count). The number of hydrogen-bond donors (Lipinski definition) is 2. The standard InChI is InChI=1S/C12H20N2O4/c15-10(12(11(16)17)2-1-3-12)13-4-5-14-6-8-18-9-7-14/h1-9H2,(H,13,15)(H,16,17). The Kier molecular flexibility index (Phi) is 4.19. The maximum absolute atomic E-state index is 11.9. The molecule has 1 saturated heterocycles. The highest BCUT2D eigenvalue weighted by atomic mass is 16.5. The Bertz CT molecular complexity index is 322. The second kappa shape index (κ2) is 5.67. The van der Waals surface area contributed by atoms with Gasteiger partial charge in [-0.25, -0.2) is 0 Å². The van der Waals surface area contributed by atoms with Gasteiger partial charge in [0.25, 0.3) is 0 Å². The van der Waals surface area contributed by atoms with Gasteiger partial charge in [-0.05, 0) is 12.8 Å². The van der Waals surface area contributed by atoms with E-state index in [2.05, 4.69) is 10.2 Å². The minimum absolute atomic E-state index is 0.325. The van der Waals surface area contributed by atoms with Crippen molar-refractivity contribution in [2.45, 2.75) is 19.3 Å². The van der Waals surface area contributed by atoms with Gasteiger partial charge in [0.2, 0.25) is 5.91 Å². The van der Waals surface area contributed by atoms with Gasteiger partial charge in [0.1, 0.15) is 5.41 Å². The van der Waals surface area contributed by atoms with Crippen molar-refractivity contribution in [3.63, 3.8) is 0 Å². The van der Waals surface area contributed by atoms with Gasteiger partial charge in [-0.15, -0.1) is 0 Å². The van der Waals surface area contributed by atoms with Gasteiger partial charge < -0.3 is 15.2 Å². The second-order valence-corrected chi connectivity index (χ2v) is 4.95. The summed E-state index contributed by atoms with van der Waals surface area (Å²) in [4.78, 5) is 25.2. The van der Waals surface area contributed by atoms with Gasteiger partial charge in [0.15, 0.2) is 0 Å². The van der Waals surface area contributed by atoms with Gasteiger partial charge >= 0.3 is 5.97 Å². The van der Waals surface area contributed by atoms with Crippen molar-refractivity contribution < 1.29 is 19.4 Å². The Morgan fingerprint density at radius 3 is 2.44 bits per heavy atom. The van der Waals surface area contributed by atoms with E-state index in [1.165, 1.54) is 0 Å². The largest absolute Gasteiger partial charge is 0.480 e. The van der Waals surface area contributed by atoms with Crippen LogP contribution in [0.25, 0.3) is 0 Å². The molecule has 1 aliphatic carbocycles. The van der Waals surface area contributed by atoms with E-state index in [4.69, 9.17) is 9.84 Å². The number of carbonyl (C=O) groups is 2. The van der Waals surface area contributed by atoms with Crippen LogP contribution in [0.3, 0.4) is 0 Å². The molecule has 6 nitrogen and oxygen atoms in total. The van der Waals surface area contributed by atoms with Crippen LogP contribution in [0.1, 0.15) is 19.3 Å². The lowest BCUT2D eigenvalue weighted by Gasteiger charge is -2.36. The zero-order chi connectivity index (χ0) is 13.0. The van der Waals surface area contributed by atoms with E-state index in [0.717, 1.165) is 39.3 Å². The van der Waals surface area contributed by atoms with Crippen molar-refractivity contribution in [3.8, 4) is 0 Å². The van der Waals surface area contributed by atoms with E-state index in [0.29, 0.717) is 19.4 Å².